The van der Waals surface area contributed by atoms with E-state index >= 15 is 0 Å². The second-order valence-corrected chi connectivity index (χ2v) is 15.6. The van der Waals surface area contributed by atoms with E-state index in [2.05, 4.69) is 221 Å². The fraction of sp³-hybridized carbons (Fsp3) is 0. The molecule has 0 amide bonds. The first-order valence-electron chi connectivity index (χ1n) is 21.0. The summed E-state index contributed by atoms with van der Waals surface area (Å²) in [6.45, 7) is 0. The molecule has 0 saturated carbocycles. The van der Waals surface area contributed by atoms with E-state index in [1.807, 2.05) is 12.1 Å². The number of imidazole rings is 2. The van der Waals surface area contributed by atoms with E-state index < -0.39 is 0 Å². The maximum Gasteiger partial charge on any atom is 0.146 e. The van der Waals surface area contributed by atoms with Crippen LogP contribution in [0.15, 0.2) is 224 Å². The highest BCUT2D eigenvalue weighted by Gasteiger charge is 2.21. The van der Waals surface area contributed by atoms with Crippen LogP contribution in [-0.4, -0.2) is 24.1 Å². The van der Waals surface area contributed by atoms with Crippen molar-refractivity contribution in [3.05, 3.63) is 224 Å². The zero-order chi connectivity index (χ0) is 41.0. The number of nitrogens with zero attached hydrogens (tertiary/aromatic N) is 5. The van der Waals surface area contributed by atoms with Crippen LogP contribution in [0.2, 0.25) is 0 Å². The van der Waals surface area contributed by atoms with E-state index in [0.717, 1.165) is 84.1 Å². The molecule has 0 unspecified atom stereocenters. The van der Waals surface area contributed by atoms with Crippen LogP contribution < -0.4 is 0 Å². The van der Waals surface area contributed by atoms with Gasteiger partial charge >= 0.3 is 0 Å². The van der Waals surface area contributed by atoms with Crippen LogP contribution in [0.4, 0.5) is 0 Å². The van der Waals surface area contributed by atoms with Gasteiger partial charge in [-0.15, -0.1) is 0 Å². The zero-order valence-electron chi connectivity index (χ0n) is 33.6. The number of aromatic nitrogens is 5. The van der Waals surface area contributed by atoms with Gasteiger partial charge in [0, 0.05) is 22.4 Å². The van der Waals surface area contributed by atoms with Gasteiger partial charge in [-0.25, -0.2) is 15.0 Å². The van der Waals surface area contributed by atoms with Crippen LogP contribution in [0.5, 0.6) is 0 Å². The largest absolute Gasteiger partial charge is 0.292 e. The van der Waals surface area contributed by atoms with Crippen molar-refractivity contribution in [3.8, 4) is 67.8 Å². The van der Waals surface area contributed by atoms with E-state index in [9.17, 15) is 0 Å². The Labute approximate surface area is 358 Å². The van der Waals surface area contributed by atoms with Crippen LogP contribution in [0, 0.1) is 0 Å². The predicted octanol–water partition coefficient (Wildman–Crippen LogP) is 14.4. The molecular weight excluding hydrogens is 755 g/mol. The van der Waals surface area contributed by atoms with Gasteiger partial charge in [-0.2, -0.15) is 0 Å². The van der Waals surface area contributed by atoms with Crippen molar-refractivity contribution in [1.82, 2.24) is 24.1 Å². The van der Waals surface area contributed by atoms with Crippen LogP contribution >= 0.6 is 0 Å². The molecule has 0 aliphatic carbocycles. The highest BCUT2D eigenvalue weighted by Crippen LogP contribution is 2.46. The Balaban J connectivity index is 1.11. The number of hydrogen-bond donors (Lipinski definition) is 0. The first-order valence-corrected chi connectivity index (χ1v) is 21.0. The van der Waals surface area contributed by atoms with Crippen molar-refractivity contribution < 1.29 is 0 Å². The summed E-state index contributed by atoms with van der Waals surface area (Å²) >= 11 is 0. The molecular formula is C57H37N5. The first kappa shape index (κ1) is 35.5. The van der Waals surface area contributed by atoms with Crippen molar-refractivity contribution >= 4 is 43.6 Å². The Bertz CT molecular complexity index is 3610. The number of rotatable bonds is 7. The number of benzene rings is 9. The van der Waals surface area contributed by atoms with Crippen LogP contribution in [0.25, 0.3) is 111 Å². The second-order valence-electron chi connectivity index (χ2n) is 15.6. The molecule has 0 saturated heterocycles. The minimum absolute atomic E-state index is 0.816. The van der Waals surface area contributed by atoms with Crippen LogP contribution in [-0.2, 0) is 0 Å². The van der Waals surface area contributed by atoms with Gasteiger partial charge in [-0.3, -0.25) is 9.13 Å². The van der Waals surface area contributed by atoms with Crippen molar-refractivity contribution in [2.75, 3.05) is 0 Å². The molecule has 0 N–H and O–H groups in total. The molecule has 5 heteroatoms. The molecule has 0 bridgehead atoms. The van der Waals surface area contributed by atoms with E-state index in [-0.39, 0.29) is 0 Å². The first-order chi connectivity index (χ1) is 30.8. The third kappa shape index (κ3) is 5.90. The van der Waals surface area contributed by atoms with Gasteiger partial charge in [0.15, 0.2) is 0 Å². The Kier molecular flexibility index (Phi) is 8.42. The lowest BCUT2D eigenvalue weighted by molar-refractivity contribution is 1.03. The number of hydrogen-bond acceptors (Lipinski definition) is 3. The third-order valence-electron chi connectivity index (χ3n) is 11.9. The van der Waals surface area contributed by atoms with Crippen molar-refractivity contribution in [2.24, 2.45) is 0 Å². The lowest BCUT2D eigenvalue weighted by atomic mass is 9.85. The van der Waals surface area contributed by atoms with Crippen molar-refractivity contribution in [1.29, 1.82) is 0 Å². The summed E-state index contributed by atoms with van der Waals surface area (Å²) in [5, 5.41) is 4.68. The Morgan fingerprint density at radius 1 is 0.290 bits per heavy atom. The molecule has 12 rings (SSSR count). The number of fused-ring (bicyclic) bond motifs is 4. The molecule has 62 heavy (non-hydrogen) atoms. The van der Waals surface area contributed by atoms with Gasteiger partial charge in [0.25, 0.3) is 0 Å². The lowest BCUT2D eigenvalue weighted by Crippen LogP contribution is -2.01. The second kappa shape index (κ2) is 14.7. The normalized spacial score (nSPS) is 11.5. The van der Waals surface area contributed by atoms with E-state index in [1.54, 1.807) is 0 Å². The standard InChI is InChI=1S/C57H37N5/c1-5-18-38(19-6-1)54-45-35-33-43(61-51-29-15-13-26-49(51)59-56(61)40-22-9-3-10-23-40)37-47(45)55(39-20-7-2-8-21-39)44-34-32-42(36-46(44)54)48-28-17-31-53(58-48)62-52-30-16-14-27-50(52)60-57(62)41-24-11-4-12-25-41/h1-37H. The monoisotopic (exact) mass is 791 g/mol. The van der Waals surface area contributed by atoms with E-state index in [1.165, 1.54) is 27.3 Å². The molecule has 3 aromatic heterocycles. The molecule has 9 aromatic carbocycles. The predicted molar refractivity (Wildman–Crippen MR) is 256 cm³/mol. The van der Waals surface area contributed by atoms with Crippen molar-refractivity contribution in [3.63, 3.8) is 0 Å². The summed E-state index contributed by atoms with van der Waals surface area (Å²) in [7, 11) is 0. The minimum Gasteiger partial charge on any atom is -0.292 e. The highest BCUT2D eigenvalue weighted by atomic mass is 15.1. The van der Waals surface area contributed by atoms with Crippen LogP contribution in [0.1, 0.15) is 0 Å². The molecule has 0 aliphatic rings. The minimum atomic E-state index is 0.816. The molecule has 0 fully saturated rings. The molecule has 0 spiro atoms. The molecule has 0 radical (unpaired) electrons. The van der Waals surface area contributed by atoms with E-state index in [0.29, 0.717) is 0 Å². The quantitative estimate of drug-likeness (QED) is 0.151. The Morgan fingerprint density at radius 2 is 0.758 bits per heavy atom. The fourth-order valence-electron chi connectivity index (χ4n) is 9.16. The lowest BCUT2D eigenvalue weighted by Gasteiger charge is -2.20. The maximum absolute atomic E-state index is 5.39. The summed E-state index contributed by atoms with van der Waals surface area (Å²) in [5.41, 5.74) is 13.7. The summed E-state index contributed by atoms with van der Waals surface area (Å²) in [4.78, 5) is 15.7. The number of para-hydroxylation sites is 4. The average molecular weight is 792 g/mol. The van der Waals surface area contributed by atoms with Gasteiger partial charge < -0.3 is 0 Å². The van der Waals surface area contributed by atoms with Gasteiger partial charge in [0.05, 0.1) is 27.8 Å². The molecule has 5 nitrogen and oxygen atoms in total. The Morgan fingerprint density at radius 3 is 1.34 bits per heavy atom. The summed E-state index contributed by atoms with van der Waals surface area (Å²) < 4.78 is 4.48. The third-order valence-corrected chi connectivity index (χ3v) is 11.9. The summed E-state index contributed by atoms with van der Waals surface area (Å²) in [5.74, 6) is 2.59. The molecule has 12 aromatic rings. The van der Waals surface area contributed by atoms with Crippen LogP contribution in [0.3, 0.4) is 0 Å². The van der Waals surface area contributed by atoms with Gasteiger partial charge in [0.1, 0.15) is 17.5 Å². The van der Waals surface area contributed by atoms with Gasteiger partial charge in [0.2, 0.25) is 0 Å². The molecule has 290 valence electrons. The number of pyridine rings is 1. The van der Waals surface area contributed by atoms with Gasteiger partial charge in [-0.1, -0.05) is 170 Å². The van der Waals surface area contributed by atoms with Gasteiger partial charge in [-0.05, 0) is 98.4 Å². The molecule has 0 aliphatic heterocycles. The highest BCUT2D eigenvalue weighted by molar-refractivity contribution is 6.22. The zero-order valence-corrected chi connectivity index (χ0v) is 33.6. The smallest absolute Gasteiger partial charge is 0.146 e. The van der Waals surface area contributed by atoms with E-state index in [4.69, 9.17) is 15.0 Å². The maximum atomic E-state index is 5.39. The summed E-state index contributed by atoms with van der Waals surface area (Å²) in [6.07, 6.45) is 0. The topological polar surface area (TPSA) is 48.5 Å². The SMILES string of the molecule is c1ccc(-c2c3ccc(-n4c(-c5ccccc5)nc5ccccc54)cc3c(-c3ccccc3)c3ccc(-c4cccc(-n5c(-c6ccccc6)nc6ccccc65)n4)cc23)cc1. The molecule has 0 atom stereocenters. The molecule has 3 heterocycles. The average Bonchev–Trinajstić information content (AvgIpc) is 3.94. The fourth-order valence-corrected chi connectivity index (χ4v) is 9.16. The van der Waals surface area contributed by atoms with Crippen molar-refractivity contribution in [2.45, 2.75) is 0 Å². The Hall–Kier alpha value is -8.41. The summed E-state index contributed by atoms with van der Waals surface area (Å²) in [6, 6.07) is 79.2.